The SMILES string of the molecule is COc1ccccc1NC(=O)CNC(C)(CO)CO. The van der Waals surface area contributed by atoms with E-state index in [4.69, 9.17) is 14.9 Å². The Hall–Kier alpha value is -1.63. The second-order valence-electron chi connectivity index (χ2n) is 4.48. The number of benzene rings is 1. The van der Waals surface area contributed by atoms with Crippen molar-refractivity contribution >= 4 is 11.6 Å². The van der Waals surface area contributed by atoms with Crippen LogP contribution in [0.3, 0.4) is 0 Å². The van der Waals surface area contributed by atoms with Gasteiger partial charge in [-0.05, 0) is 19.1 Å². The van der Waals surface area contributed by atoms with E-state index in [9.17, 15) is 4.79 Å². The van der Waals surface area contributed by atoms with Gasteiger partial charge in [0.05, 0.1) is 38.1 Å². The van der Waals surface area contributed by atoms with Crippen molar-refractivity contribution in [3.05, 3.63) is 24.3 Å². The van der Waals surface area contributed by atoms with Crippen LogP contribution in [0.15, 0.2) is 24.3 Å². The first-order valence-electron chi connectivity index (χ1n) is 5.94. The smallest absolute Gasteiger partial charge is 0.238 e. The zero-order valence-corrected chi connectivity index (χ0v) is 11.1. The largest absolute Gasteiger partial charge is 0.495 e. The Labute approximate surface area is 112 Å². The zero-order valence-electron chi connectivity index (χ0n) is 11.1. The van der Waals surface area contributed by atoms with Crippen LogP contribution in [-0.2, 0) is 4.79 Å². The quantitative estimate of drug-likeness (QED) is 0.557. The number of aliphatic hydroxyl groups is 2. The van der Waals surface area contributed by atoms with Crippen molar-refractivity contribution in [2.45, 2.75) is 12.5 Å². The highest BCUT2D eigenvalue weighted by atomic mass is 16.5. The lowest BCUT2D eigenvalue weighted by Crippen LogP contribution is -2.51. The Balaban J connectivity index is 2.56. The van der Waals surface area contributed by atoms with Crippen molar-refractivity contribution in [2.24, 2.45) is 0 Å². The van der Waals surface area contributed by atoms with E-state index in [-0.39, 0.29) is 25.7 Å². The van der Waals surface area contributed by atoms with Crippen molar-refractivity contribution < 1.29 is 19.7 Å². The van der Waals surface area contributed by atoms with E-state index >= 15 is 0 Å². The molecular formula is C13H20N2O4. The topological polar surface area (TPSA) is 90.8 Å². The van der Waals surface area contributed by atoms with Gasteiger partial charge < -0.3 is 20.3 Å². The fourth-order valence-electron chi connectivity index (χ4n) is 1.40. The van der Waals surface area contributed by atoms with E-state index in [1.807, 2.05) is 0 Å². The molecule has 0 aromatic heterocycles. The van der Waals surface area contributed by atoms with Crippen LogP contribution in [-0.4, -0.2) is 48.5 Å². The number of rotatable bonds is 7. The van der Waals surface area contributed by atoms with Crippen molar-refractivity contribution in [3.63, 3.8) is 0 Å². The second-order valence-corrected chi connectivity index (χ2v) is 4.48. The molecule has 1 rings (SSSR count). The van der Waals surface area contributed by atoms with Crippen LogP contribution in [0.25, 0.3) is 0 Å². The van der Waals surface area contributed by atoms with Crippen LogP contribution in [0.4, 0.5) is 5.69 Å². The van der Waals surface area contributed by atoms with Crippen LogP contribution in [0, 0.1) is 0 Å². The number of nitrogens with one attached hydrogen (secondary N) is 2. The van der Waals surface area contributed by atoms with Crippen LogP contribution in [0.5, 0.6) is 5.75 Å². The van der Waals surface area contributed by atoms with Gasteiger partial charge in [-0.15, -0.1) is 0 Å². The van der Waals surface area contributed by atoms with Gasteiger partial charge >= 0.3 is 0 Å². The summed E-state index contributed by atoms with van der Waals surface area (Å²) >= 11 is 0. The van der Waals surface area contributed by atoms with Crippen LogP contribution < -0.4 is 15.4 Å². The summed E-state index contributed by atoms with van der Waals surface area (Å²) in [5.41, 5.74) is -0.301. The number of ether oxygens (including phenoxy) is 1. The maximum atomic E-state index is 11.8. The molecule has 0 aliphatic carbocycles. The summed E-state index contributed by atoms with van der Waals surface area (Å²) in [5.74, 6) is 0.292. The molecule has 1 amide bonds. The number of amides is 1. The molecule has 19 heavy (non-hydrogen) atoms. The lowest BCUT2D eigenvalue weighted by molar-refractivity contribution is -0.115. The van der Waals surface area contributed by atoms with Gasteiger partial charge in [0.1, 0.15) is 5.75 Å². The minimum atomic E-state index is -0.877. The van der Waals surface area contributed by atoms with E-state index in [0.29, 0.717) is 11.4 Å². The molecule has 6 nitrogen and oxygen atoms in total. The Bertz CT molecular complexity index is 419. The summed E-state index contributed by atoms with van der Waals surface area (Å²) < 4.78 is 5.12. The summed E-state index contributed by atoms with van der Waals surface area (Å²) in [7, 11) is 1.53. The molecule has 106 valence electrons. The Morgan fingerprint density at radius 1 is 1.32 bits per heavy atom. The number of methoxy groups -OCH3 is 1. The van der Waals surface area contributed by atoms with Crippen LogP contribution in [0.1, 0.15) is 6.92 Å². The van der Waals surface area contributed by atoms with Gasteiger partial charge in [0.25, 0.3) is 0 Å². The lowest BCUT2D eigenvalue weighted by Gasteiger charge is -2.25. The maximum absolute atomic E-state index is 11.8. The number of hydrogen-bond acceptors (Lipinski definition) is 5. The summed E-state index contributed by atoms with van der Waals surface area (Å²) in [6.45, 7) is 1.09. The Kier molecular flexibility index (Phi) is 5.75. The molecule has 0 spiro atoms. The number of carbonyl (C=O) groups excluding carboxylic acids is 1. The molecule has 0 saturated carbocycles. The maximum Gasteiger partial charge on any atom is 0.238 e. The number of anilines is 1. The van der Waals surface area contributed by atoms with Gasteiger partial charge in [0.2, 0.25) is 5.91 Å². The third kappa shape index (κ3) is 4.51. The van der Waals surface area contributed by atoms with E-state index in [1.54, 1.807) is 31.2 Å². The standard InChI is InChI=1S/C13H20N2O4/c1-13(8-16,9-17)14-7-12(18)15-10-5-3-4-6-11(10)19-2/h3-6,14,16-17H,7-9H2,1-2H3,(H,15,18). The third-order valence-electron chi connectivity index (χ3n) is 2.75. The fraction of sp³-hybridized carbons (Fsp3) is 0.462. The predicted molar refractivity (Wildman–Crippen MR) is 72.2 cm³/mol. The van der Waals surface area contributed by atoms with Crippen molar-refractivity contribution in [2.75, 3.05) is 32.2 Å². The predicted octanol–water partition coefficient (Wildman–Crippen LogP) is -0.0334. The second kappa shape index (κ2) is 7.08. The first kappa shape index (κ1) is 15.4. The molecule has 0 bridgehead atoms. The number of hydrogen-bond donors (Lipinski definition) is 4. The van der Waals surface area contributed by atoms with Crippen LogP contribution in [0.2, 0.25) is 0 Å². The van der Waals surface area contributed by atoms with Crippen molar-refractivity contribution in [1.82, 2.24) is 5.32 Å². The monoisotopic (exact) mass is 268 g/mol. The van der Waals surface area contributed by atoms with Gasteiger partial charge in [-0.1, -0.05) is 12.1 Å². The van der Waals surface area contributed by atoms with Gasteiger partial charge in [-0.2, -0.15) is 0 Å². The molecule has 0 atom stereocenters. The molecular weight excluding hydrogens is 248 g/mol. The Morgan fingerprint density at radius 3 is 2.53 bits per heavy atom. The molecule has 0 radical (unpaired) electrons. The van der Waals surface area contributed by atoms with Crippen molar-refractivity contribution in [3.8, 4) is 5.75 Å². The van der Waals surface area contributed by atoms with Crippen molar-refractivity contribution in [1.29, 1.82) is 0 Å². The first-order valence-corrected chi connectivity index (χ1v) is 5.94. The first-order chi connectivity index (χ1) is 9.04. The minimum absolute atomic E-state index is 0.0182. The van der Waals surface area contributed by atoms with Gasteiger partial charge in [0, 0.05) is 0 Å². The molecule has 0 unspecified atom stereocenters. The highest BCUT2D eigenvalue weighted by Crippen LogP contribution is 2.22. The molecule has 0 saturated heterocycles. The van der Waals surface area contributed by atoms with E-state index < -0.39 is 5.54 Å². The van der Waals surface area contributed by atoms with Crippen LogP contribution >= 0.6 is 0 Å². The molecule has 0 fully saturated rings. The van der Waals surface area contributed by atoms with E-state index in [1.165, 1.54) is 7.11 Å². The molecule has 0 heterocycles. The summed E-state index contributed by atoms with van der Waals surface area (Å²) in [6, 6.07) is 7.07. The summed E-state index contributed by atoms with van der Waals surface area (Å²) in [6.07, 6.45) is 0. The summed E-state index contributed by atoms with van der Waals surface area (Å²) in [5, 5.41) is 23.7. The minimum Gasteiger partial charge on any atom is -0.495 e. The average molecular weight is 268 g/mol. The molecule has 1 aromatic carbocycles. The fourth-order valence-corrected chi connectivity index (χ4v) is 1.40. The lowest BCUT2D eigenvalue weighted by atomic mass is 10.1. The highest BCUT2D eigenvalue weighted by Gasteiger charge is 2.22. The number of aliphatic hydroxyl groups excluding tert-OH is 2. The number of para-hydroxylation sites is 2. The van der Waals surface area contributed by atoms with E-state index in [2.05, 4.69) is 10.6 Å². The van der Waals surface area contributed by atoms with Gasteiger partial charge in [-0.25, -0.2) is 0 Å². The normalized spacial score (nSPS) is 11.2. The molecule has 4 N–H and O–H groups in total. The molecule has 6 heteroatoms. The number of carbonyl (C=O) groups is 1. The van der Waals surface area contributed by atoms with Gasteiger partial charge in [-0.3, -0.25) is 10.1 Å². The zero-order chi connectivity index (χ0) is 14.3. The summed E-state index contributed by atoms with van der Waals surface area (Å²) in [4.78, 5) is 11.8. The molecule has 0 aliphatic rings. The van der Waals surface area contributed by atoms with E-state index in [0.717, 1.165) is 0 Å². The van der Waals surface area contributed by atoms with Gasteiger partial charge in [0.15, 0.2) is 0 Å². The molecule has 0 aliphatic heterocycles. The Morgan fingerprint density at radius 2 is 1.95 bits per heavy atom. The average Bonchev–Trinajstić information content (AvgIpc) is 2.45. The molecule has 1 aromatic rings. The third-order valence-corrected chi connectivity index (χ3v) is 2.75. The highest BCUT2D eigenvalue weighted by molar-refractivity contribution is 5.93.